The quantitative estimate of drug-likeness (QED) is 0.748. The fourth-order valence-corrected chi connectivity index (χ4v) is 2.60. The third-order valence-corrected chi connectivity index (χ3v) is 3.66. The third kappa shape index (κ3) is 2.14. The van der Waals surface area contributed by atoms with Crippen molar-refractivity contribution < 1.29 is 9.59 Å². The van der Waals surface area contributed by atoms with Gasteiger partial charge < -0.3 is 10.2 Å². The summed E-state index contributed by atoms with van der Waals surface area (Å²) in [6.45, 7) is 0.941. The largest absolute Gasteiger partial charge is 0.373 e. The number of hydrogen-bond donors (Lipinski definition) is 2. The van der Waals surface area contributed by atoms with Gasteiger partial charge in [-0.25, -0.2) is 4.98 Å². The van der Waals surface area contributed by atoms with E-state index in [2.05, 4.69) is 20.5 Å². The molecule has 1 aromatic rings. The molecule has 1 saturated heterocycles. The van der Waals surface area contributed by atoms with E-state index in [1.165, 1.54) is 0 Å². The van der Waals surface area contributed by atoms with Crippen molar-refractivity contribution in [2.45, 2.75) is 25.3 Å². The highest BCUT2D eigenvalue weighted by molar-refractivity contribution is 6.01. The number of nitrogens with zero attached hydrogens (tertiary/aromatic N) is 2. The number of anilines is 2. The van der Waals surface area contributed by atoms with Crippen LogP contribution < -0.4 is 15.5 Å². The Kier molecular flexibility index (Phi) is 2.85. The predicted molar refractivity (Wildman–Crippen MR) is 71.0 cm³/mol. The Morgan fingerprint density at radius 1 is 1.42 bits per heavy atom. The summed E-state index contributed by atoms with van der Waals surface area (Å²) < 4.78 is 0. The van der Waals surface area contributed by atoms with Crippen molar-refractivity contribution in [3.8, 4) is 0 Å². The van der Waals surface area contributed by atoms with Gasteiger partial charge in [0.15, 0.2) is 0 Å². The van der Waals surface area contributed by atoms with Crippen molar-refractivity contribution in [1.29, 1.82) is 0 Å². The lowest BCUT2D eigenvalue weighted by Gasteiger charge is -2.23. The molecule has 3 heterocycles. The second-order valence-electron chi connectivity index (χ2n) is 4.98. The first kappa shape index (κ1) is 12.0. The van der Waals surface area contributed by atoms with Crippen LogP contribution in [0.25, 0.3) is 0 Å². The van der Waals surface area contributed by atoms with Crippen molar-refractivity contribution in [3.63, 3.8) is 0 Å². The van der Waals surface area contributed by atoms with Gasteiger partial charge in [-0.2, -0.15) is 0 Å². The highest BCUT2D eigenvalue weighted by Gasteiger charge is 2.28. The molecule has 1 atom stereocenters. The standard InChI is InChI=1S/C13H16N4O2/c1-17-7-5-8-9(4-6-14-12(8)17)15-10-2-3-11(18)16-13(10)19/h4,6,10H,2-3,5,7H2,1H3,(H,14,15)(H,16,18,19). The van der Waals surface area contributed by atoms with Crippen molar-refractivity contribution in [3.05, 3.63) is 17.8 Å². The highest BCUT2D eigenvalue weighted by Crippen LogP contribution is 2.31. The zero-order valence-corrected chi connectivity index (χ0v) is 10.8. The third-order valence-electron chi connectivity index (χ3n) is 3.66. The number of hydrogen-bond acceptors (Lipinski definition) is 5. The summed E-state index contributed by atoms with van der Waals surface area (Å²) in [6, 6.07) is 1.55. The van der Waals surface area contributed by atoms with Crippen LogP contribution in [0.4, 0.5) is 11.5 Å². The van der Waals surface area contributed by atoms with Crippen LogP contribution >= 0.6 is 0 Å². The second kappa shape index (κ2) is 4.53. The van der Waals surface area contributed by atoms with Crippen LogP contribution in [0.5, 0.6) is 0 Å². The van der Waals surface area contributed by atoms with E-state index in [1.54, 1.807) is 6.20 Å². The van der Waals surface area contributed by atoms with Crippen LogP contribution in [0.3, 0.4) is 0 Å². The Hall–Kier alpha value is -2.11. The molecule has 0 radical (unpaired) electrons. The minimum Gasteiger partial charge on any atom is -0.373 e. The number of carbonyl (C=O) groups excluding carboxylic acids is 2. The van der Waals surface area contributed by atoms with E-state index < -0.39 is 0 Å². The number of piperidine rings is 1. The first-order chi connectivity index (χ1) is 9.15. The molecule has 2 aliphatic heterocycles. The first-order valence-electron chi connectivity index (χ1n) is 6.44. The lowest BCUT2D eigenvalue weighted by Crippen LogP contribution is -2.47. The number of aromatic nitrogens is 1. The number of imide groups is 1. The Bertz CT molecular complexity index is 543. The molecule has 19 heavy (non-hydrogen) atoms. The molecule has 0 aromatic carbocycles. The fraction of sp³-hybridized carbons (Fsp3) is 0.462. The van der Waals surface area contributed by atoms with Gasteiger partial charge in [-0.15, -0.1) is 0 Å². The van der Waals surface area contributed by atoms with Crippen LogP contribution in [-0.2, 0) is 16.0 Å². The molecule has 100 valence electrons. The zero-order valence-electron chi connectivity index (χ0n) is 10.8. The highest BCUT2D eigenvalue weighted by atomic mass is 16.2. The average Bonchev–Trinajstić information content (AvgIpc) is 2.76. The molecule has 0 spiro atoms. The molecule has 6 nitrogen and oxygen atoms in total. The van der Waals surface area contributed by atoms with Gasteiger partial charge in [0.2, 0.25) is 11.8 Å². The van der Waals surface area contributed by atoms with Crippen molar-refractivity contribution >= 4 is 23.3 Å². The van der Waals surface area contributed by atoms with Crippen LogP contribution in [0.15, 0.2) is 12.3 Å². The number of nitrogens with one attached hydrogen (secondary N) is 2. The van der Waals surface area contributed by atoms with Gasteiger partial charge in [0.1, 0.15) is 11.9 Å². The predicted octanol–water partition coefficient (Wildman–Crippen LogP) is 0.291. The lowest BCUT2D eigenvalue weighted by molar-refractivity contribution is -0.133. The van der Waals surface area contributed by atoms with Crippen molar-refractivity contribution in [1.82, 2.24) is 10.3 Å². The summed E-state index contributed by atoms with van der Waals surface area (Å²) in [5, 5.41) is 5.60. The minimum atomic E-state index is -0.338. The molecule has 1 aromatic heterocycles. The molecule has 2 amide bonds. The van der Waals surface area contributed by atoms with Crippen LogP contribution in [-0.4, -0.2) is 36.4 Å². The molecular weight excluding hydrogens is 244 g/mol. The van der Waals surface area contributed by atoms with Gasteiger partial charge >= 0.3 is 0 Å². The monoisotopic (exact) mass is 260 g/mol. The molecule has 3 rings (SSSR count). The molecule has 2 aliphatic rings. The minimum absolute atomic E-state index is 0.192. The molecular formula is C13H16N4O2. The van der Waals surface area contributed by atoms with Crippen LogP contribution in [0, 0.1) is 0 Å². The first-order valence-corrected chi connectivity index (χ1v) is 6.44. The normalized spacial score (nSPS) is 22.2. The van der Waals surface area contributed by atoms with Crippen molar-refractivity contribution in [2.24, 2.45) is 0 Å². The Morgan fingerprint density at radius 2 is 2.26 bits per heavy atom. The summed E-state index contributed by atoms with van der Waals surface area (Å²) >= 11 is 0. The van der Waals surface area contributed by atoms with E-state index in [9.17, 15) is 9.59 Å². The second-order valence-corrected chi connectivity index (χ2v) is 4.98. The van der Waals surface area contributed by atoms with E-state index in [4.69, 9.17) is 0 Å². The summed E-state index contributed by atoms with van der Waals surface area (Å²) in [5.41, 5.74) is 2.10. The SMILES string of the molecule is CN1CCc2c(NC3CCC(=O)NC3=O)ccnc21. The number of pyridine rings is 1. The molecule has 2 N–H and O–H groups in total. The number of rotatable bonds is 2. The lowest BCUT2D eigenvalue weighted by atomic mass is 10.0. The van der Waals surface area contributed by atoms with Crippen LogP contribution in [0.1, 0.15) is 18.4 Å². The molecule has 1 unspecified atom stereocenters. The molecule has 0 saturated carbocycles. The van der Waals surface area contributed by atoms with E-state index >= 15 is 0 Å². The summed E-state index contributed by atoms with van der Waals surface area (Å²) in [4.78, 5) is 29.3. The number of fused-ring (bicyclic) bond motifs is 1. The van der Waals surface area contributed by atoms with Crippen molar-refractivity contribution in [2.75, 3.05) is 23.8 Å². The summed E-state index contributed by atoms with van der Waals surface area (Å²) in [7, 11) is 2.01. The summed E-state index contributed by atoms with van der Waals surface area (Å²) in [5.74, 6) is 0.535. The molecule has 0 bridgehead atoms. The smallest absolute Gasteiger partial charge is 0.249 e. The van der Waals surface area contributed by atoms with E-state index in [1.807, 2.05) is 13.1 Å². The fourth-order valence-electron chi connectivity index (χ4n) is 2.60. The van der Waals surface area contributed by atoms with Gasteiger partial charge in [0.05, 0.1) is 0 Å². The van der Waals surface area contributed by atoms with Gasteiger partial charge in [0.25, 0.3) is 0 Å². The molecule has 1 fully saturated rings. The topological polar surface area (TPSA) is 74.3 Å². The molecule has 0 aliphatic carbocycles. The van der Waals surface area contributed by atoms with Gasteiger partial charge in [0, 0.05) is 37.5 Å². The Morgan fingerprint density at radius 3 is 3.05 bits per heavy atom. The van der Waals surface area contributed by atoms with E-state index in [0.717, 1.165) is 30.0 Å². The molecule has 6 heteroatoms. The Balaban J connectivity index is 1.81. The Labute approximate surface area is 111 Å². The van der Waals surface area contributed by atoms with Gasteiger partial charge in [-0.1, -0.05) is 0 Å². The maximum Gasteiger partial charge on any atom is 0.249 e. The number of likely N-dealkylation sites (N-methyl/N-ethyl adjacent to an activating group) is 1. The van der Waals surface area contributed by atoms with Gasteiger partial charge in [-0.3, -0.25) is 14.9 Å². The summed E-state index contributed by atoms with van der Waals surface area (Å²) in [6.07, 6.45) is 3.60. The maximum absolute atomic E-state index is 11.8. The maximum atomic E-state index is 11.8. The van der Waals surface area contributed by atoms with E-state index in [0.29, 0.717) is 12.8 Å². The van der Waals surface area contributed by atoms with Crippen LogP contribution in [0.2, 0.25) is 0 Å². The number of amides is 2. The van der Waals surface area contributed by atoms with Gasteiger partial charge in [-0.05, 0) is 18.9 Å². The average molecular weight is 260 g/mol. The zero-order chi connectivity index (χ0) is 13.4. The van der Waals surface area contributed by atoms with E-state index in [-0.39, 0.29) is 17.9 Å². The number of carbonyl (C=O) groups is 2.